The molecule has 0 aromatic rings. The quantitative estimate of drug-likeness (QED) is 0.708. The summed E-state index contributed by atoms with van der Waals surface area (Å²) >= 11 is 1.90. The van der Waals surface area contributed by atoms with Gasteiger partial charge in [-0.05, 0) is 32.1 Å². The van der Waals surface area contributed by atoms with Crippen LogP contribution in [-0.2, 0) is 0 Å². The lowest BCUT2D eigenvalue weighted by Gasteiger charge is -2.17. The molecule has 78 valence electrons. The van der Waals surface area contributed by atoms with Crippen molar-refractivity contribution in [3.8, 4) is 0 Å². The zero-order valence-electron chi connectivity index (χ0n) is 8.70. The van der Waals surface area contributed by atoms with Gasteiger partial charge in [0.1, 0.15) is 0 Å². The minimum Gasteiger partial charge on any atom is -0.361 e. The molecule has 3 heteroatoms. The molecule has 1 aliphatic heterocycles. The lowest BCUT2D eigenvalue weighted by molar-refractivity contribution is 0.536. The molecule has 1 aliphatic carbocycles. The van der Waals surface area contributed by atoms with Crippen LogP contribution in [0.1, 0.15) is 26.2 Å². The summed E-state index contributed by atoms with van der Waals surface area (Å²) in [7, 11) is 0. The molecule has 2 nitrogen and oxygen atoms in total. The molecule has 0 saturated heterocycles. The first-order valence-electron chi connectivity index (χ1n) is 5.43. The molecule has 0 spiro atoms. The minimum atomic E-state index is 0.545. The van der Waals surface area contributed by atoms with Crippen LogP contribution in [0.15, 0.2) is 17.1 Å². The number of amidine groups is 1. The SMILES string of the molecule is CC1CN=C(SCC2CC=CCC2)N1. The zero-order valence-corrected chi connectivity index (χ0v) is 9.52. The van der Waals surface area contributed by atoms with E-state index in [9.17, 15) is 0 Å². The predicted octanol–water partition coefficient (Wildman–Crippen LogP) is 2.42. The van der Waals surface area contributed by atoms with E-state index in [1.165, 1.54) is 25.0 Å². The van der Waals surface area contributed by atoms with Crippen LogP contribution < -0.4 is 5.32 Å². The first-order valence-corrected chi connectivity index (χ1v) is 6.42. The maximum Gasteiger partial charge on any atom is 0.156 e. The molecule has 0 amide bonds. The number of nitrogens with zero attached hydrogens (tertiary/aromatic N) is 1. The lowest BCUT2D eigenvalue weighted by Crippen LogP contribution is -2.25. The van der Waals surface area contributed by atoms with Crippen LogP contribution in [0.4, 0.5) is 0 Å². The number of hydrogen-bond acceptors (Lipinski definition) is 3. The summed E-state index contributed by atoms with van der Waals surface area (Å²) in [4.78, 5) is 4.45. The van der Waals surface area contributed by atoms with Gasteiger partial charge < -0.3 is 5.32 Å². The molecule has 1 heterocycles. The van der Waals surface area contributed by atoms with E-state index in [-0.39, 0.29) is 0 Å². The van der Waals surface area contributed by atoms with Crippen LogP contribution >= 0.6 is 11.8 Å². The maximum atomic E-state index is 4.45. The third kappa shape index (κ3) is 2.77. The Morgan fingerprint density at radius 3 is 3.14 bits per heavy atom. The van der Waals surface area contributed by atoms with E-state index in [0.29, 0.717) is 6.04 Å². The lowest BCUT2D eigenvalue weighted by atomic mass is 9.97. The number of allylic oxidation sites excluding steroid dienone is 2. The standard InChI is InChI=1S/C11H18N2S/c1-9-7-12-11(13-9)14-8-10-5-3-2-4-6-10/h2-3,9-10H,4-8H2,1H3,(H,12,13). The number of aliphatic imine (C=N–C) groups is 1. The molecule has 2 atom stereocenters. The molecule has 0 fully saturated rings. The molecule has 1 N–H and O–H groups in total. The number of rotatable bonds is 2. The summed E-state index contributed by atoms with van der Waals surface area (Å²) < 4.78 is 0. The van der Waals surface area contributed by atoms with Crippen LogP contribution in [-0.4, -0.2) is 23.5 Å². The van der Waals surface area contributed by atoms with Crippen molar-refractivity contribution in [3.63, 3.8) is 0 Å². The summed E-state index contributed by atoms with van der Waals surface area (Å²) in [6.07, 6.45) is 8.50. The van der Waals surface area contributed by atoms with Gasteiger partial charge in [0, 0.05) is 11.8 Å². The Kier molecular flexibility index (Phi) is 3.51. The van der Waals surface area contributed by atoms with E-state index in [0.717, 1.165) is 17.6 Å². The van der Waals surface area contributed by atoms with E-state index < -0.39 is 0 Å². The zero-order chi connectivity index (χ0) is 9.80. The fourth-order valence-electron chi connectivity index (χ4n) is 1.81. The average Bonchev–Trinajstić information content (AvgIpc) is 2.63. The Bertz CT molecular complexity index is 248. The van der Waals surface area contributed by atoms with Gasteiger partial charge >= 0.3 is 0 Å². The second-order valence-electron chi connectivity index (χ2n) is 4.15. The van der Waals surface area contributed by atoms with Crippen LogP contribution in [0.3, 0.4) is 0 Å². The normalized spacial score (nSPS) is 31.4. The van der Waals surface area contributed by atoms with Gasteiger partial charge in [-0.15, -0.1) is 0 Å². The second kappa shape index (κ2) is 4.87. The smallest absolute Gasteiger partial charge is 0.156 e. The summed E-state index contributed by atoms with van der Waals surface area (Å²) in [5.41, 5.74) is 0. The molecule has 2 rings (SSSR count). The van der Waals surface area contributed by atoms with Crippen molar-refractivity contribution in [1.29, 1.82) is 0 Å². The maximum absolute atomic E-state index is 4.45. The number of hydrogen-bond donors (Lipinski definition) is 1. The van der Waals surface area contributed by atoms with Gasteiger partial charge in [0.15, 0.2) is 5.17 Å². The third-order valence-electron chi connectivity index (χ3n) is 2.71. The molecule has 2 aliphatic rings. The molecule has 14 heavy (non-hydrogen) atoms. The molecule has 0 radical (unpaired) electrons. The number of nitrogens with one attached hydrogen (secondary N) is 1. The van der Waals surface area contributed by atoms with Gasteiger partial charge in [0.2, 0.25) is 0 Å². The fraction of sp³-hybridized carbons (Fsp3) is 0.727. The van der Waals surface area contributed by atoms with Gasteiger partial charge in [-0.2, -0.15) is 0 Å². The summed E-state index contributed by atoms with van der Waals surface area (Å²) in [6.45, 7) is 3.13. The molecule has 0 saturated carbocycles. The molecular formula is C11H18N2S. The fourth-order valence-corrected chi connectivity index (χ4v) is 2.96. The third-order valence-corrected chi connectivity index (χ3v) is 3.87. The highest BCUT2D eigenvalue weighted by Crippen LogP contribution is 2.23. The Hall–Kier alpha value is -0.440. The van der Waals surface area contributed by atoms with Gasteiger partial charge in [-0.25, -0.2) is 0 Å². The highest BCUT2D eigenvalue weighted by Gasteiger charge is 2.15. The molecule has 0 bridgehead atoms. The van der Waals surface area contributed by atoms with Crippen LogP contribution in [0.5, 0.6) is 0 Å². The highest BCUT2D eigenvalue weighted by molar-refractivity contribution is 8.13. The van der Waals surface area contributed by atoms with Crippen molar-refractivity contribution in [1.82, 2.24) is 5.32 Å². The van der Waals surface area contributed by atoms with Gasteiger partial charge in [0.05, 0.1) is 6.54 Å². The minimum absolute atomic E-state index is 0.545. The summed E-state index contributed by atoms with van der Waals surface area (Å²) in [5, 5.41) is 4.55. The predicted molar refractivity (Wildman–Crippen MR) is 63.8 cm³/mol. The summed E-state index contributed by atoms with van der Waals surface area (Å²) in [6, 6.07) is 0.545. The molecule has 0 aromatic carbocycles. The largest absolute Gasteiger partial charge is 0.361 e. The first-order chi connectivity index (χ1) is 6.84. The van der Waals surface area contributed by atoms with Crippen molar-refractivity contribution in [2.24, 2.45) is 10.9 Å². The average molecular weight is 210 g/mol. The van der Waals surface area contributed by atoms with Crippen molar-refractivity contribution in [2.45, 2.75) is 32.2 Å². The van der Waals surface area contributed by atoms with Crippen molar-refractivity contribution < 1.29 is 0 Å². The highest BCUT2D eigenvalue weighted by atomic mass is 32.2. The Balaban J connectivity index is 1.69. The molecule has 2 unspecified atom stereocenters. The van der Waals surface area contributed by atoms with E-state index in [1.54, 1.807) is 0 Å². The van der Waals surface area contributed by atoms with Crippen molar-refractivity contribution >= 4 is 16.9 Å². The van der Waals surface area contributed by atoms with Gasteiger partial charge in [-0.3, -0.25) is 4.99 Å². The van der Waals surface area contributed by atoms with Crippen molar-refractivity contribution in [3.05, 3.63) is 12.2 Å². The molecule has 0 aromatic heterocycles. The van der Waals surface area contributed by atoms with Crippen LogP contribution in [0.25, 0.3) is 0 Å². The number of thioether (sulfide) groups is 1. The van der Waals surface area contributed by atoms with Gasteiger partial charge in [0.25, 0.3) is 0 Å². The van der Waals surface area contributed by atoms with Gasteiger partial charge in [-0.1, -0.05) is 23.9 Å². The monoisotopic (exact) mass is 210 g/mol. The van der Waals surface area contributed by atoms with E-state index in [4.69, 9.17) is 0 Å². The topological polar surface area (TPSA) is 24.4 Å². The first kappa shape index (κ1) is 10.1. The van der Waals surface area contributed by atoms with E-state index in [1.807, 2.05) is 11.8 Å². The van der Waals surface area contributed by atoms with Crippen LogP contribution in [0.2, 0.25) is 0 Å². The van der Waals surface area contributed by atoms with Crippen LogP contribution in [0, 0.1) is 5.92 Å². The Labute approximate surface area is 90.3 Å². The second-order valence-corrected chi connectivity index (χ2v) is 5.16. The Morgan fingerprint density at radius 1 is 1.57 bits per heavy atom. The van der Waals surface area contributed by atoms with E-state index in [2.05, 4.69) is 29.4 Å². The summed E-state index contributed by atoms with van der Waals surface area (Å²) in [5.74, 6) is 2.09. The van der Waals surface area contributed by atoms with Crippen molar-refractivity contribution in [2.75, 3.05) is 12.3 Å². The molecular weight excluding hydrogens is 192 g/mol. The Morgan fingerprint density at radius 2 is 2.50 bits per heavy atom. The van der Waals surface area contributed by atoms with E-state index >= 15 is 0 Å².